The zero-order chi connectivity index (χ0) is 13.0. The maximum atomic E-state index is 13.1. The number of hydrogen-bond donors (Lipinski definition) is 0. The number of halogens is 1. The first-order chi connectivity index (χ1) is 8.72. The highest BCUT2D eigenvalue weighted by atomic mass is 19.1. The molecule has 0 aromatic heterocycles. The van der Waals surface area contributed by atoms with Gasteiger partial charge in [-0.05, 0) is 18.2 Å². The molecule has 1 aromatic rings. The highest BCUT2D eigenvalue weighted by molar-refractivity contribution is 5.41. The van der Waals surface area contributed by atoms with Crippen molar-refractivity contribution < 1.29 is 13.9 Å². The number of methoxy groups -OCH3 is 2. The van der Waals surface area contributed by atoms with Crippen molar-refractivity contribution in [1.29, 1.82) is 0 Å². The van der Waals surface area contributed by atoms with Crippen molar-refractivity contribution in [2.24, 2.45) is 0 Å². The van der Waals surface area contributed by atoms with Gasteiger partial charge in [0.25, 0.3) is 0 Å². The Balaban J connectivity index is 2.16. The van der Waals surface area contributed by atoms with Gasteiger partial charge in [0.05, 0.1) is 14.2 Å². The van der Waals surface area contributed by atoms with Gasteiger partial charge in [-0.2, -0.15) is 0 Å². The van der Waals surface area contributed by atoms with Crippen molar-refractivity contribution in [2.75, 3.05) is 20.8 Å². The van der Waals surface area contributed by atoms with E-state index in [4.69, 9.17) is 9.47 Å². The highest BCUT2D eigenvalue weighted by Crippen LogP contribution is 2.26. The Labute approximate surface area is 106 Å². The van der Waals surface area contributed by atoms with Crippen LogP contribution in [0.25, 0.3) is 0 Å². The molecular weight excluding hydrogens is 233 g/mol. The largest absolute Gasteiger partial charge is 0.497 e. The first-order valence-electron chi connectivity index (χ1n) is 5.71. The van der Waals surface area contributed by atoms with Crippen LogP contribution in [0.2, 0.25) is 0 Å². The third-order valence-electron chi connectivity index (χ3n) is 2.79. The summed E-state index contributed by atoms with van der Waals surface area (Å²) >= 11 is 0. The third-order valence-corrected chi connectivity index (χ3v) is 2.79. The lowest BCUT2D eigenvalue weighted by molar-refractivity contribution is 0.361. The Morgan fingerprint density at radius 1 is 1.28 bits per heavy atom. The number of allylic oxidation sites excluding steroid dienone is 2. The molecule has 1 heterocycles. The normalized spacial score (nSPS) is 14.4. The molecule has 0 fully saturated rings. The SMILES string of the molecule is COc1ccc(CN2C=C(F)C=CC2)c(OC)c1. The van der Waals surface area contributed by atoms with E-state index in [-0.39, 0.29) is 5.83 Å². The molecule has 1 aromatic carbocycles. The molecule has 3 nitrogen and oxygen atoms in total. The standard InChI is InChI=1S/C14H16FNO2/c1-17-13-6-5-11(14(8-13)18-2)9-16-7-3-4-12(15)10-16/h3-6,8,10H,7,9H2,1-2H3. The smallest absolute Gasteiger partial charge is 0.138 e. The summed E-state index contributed by atoms with van der Waals surface area (Å²) in [4.78, 5) is 1.89. The molecule has 0 spiro atoms. The summed E-state index contributed by atoms with van der Waals surface area (Å²) in [6, 6.07) is 5.63. The molecule has 0 N–H and O–H groups in total. The van der Waals surface area contributed by atoms with Gasteiger partial charge in [-0.1, -0.05) is 6.08 Å². The molecule has 18 heavy (non-hydrogen) atoms. The second-order valence-corrected chi connectivity index (χ2v) is 4.02. The molecule has 0 bridgehead atoms. The molecule has 0 saturated heterocycles. The molecule has 0 atom stereocenters. The number of hydrogen-bond acceptors (Lipinski definition) is 3. The first-order valence-corrected chi connectivity index (χ1v) is 5.71. The van der Waals surface area contributed by atoms with Crippen LogP contribution >= 0.6 is 0 Å². The van der Waals surface area contributed by atoms with E-state index in [2.05, 4.69) is 0 Å². The van der Waals surface area contributed by atoms with E-state index in [1.165, 1.54) is 12.3 Å². The molecule has 1 aliphatic heterocycles. The Morgan fingerprint density at radius 3 is 2.78 bits per heavy atom. The molecule has 4 heteroatoms. The lowest BCUT2D eigenvalue weighted by Crippen LogP contribution is -2.19. The van der Waals surface area contributed by atoms with E-state index < -0.39 is 0 Å². The summed E-state index contributed by atoms with van der Waals surface area (Å²) in [5, 5.41) is 0. The molecule has 96 valence electrons. The number of ether oxygens (including phenoxy) is 2. The Bertz CT molecular complexity index is 483. The van der Waals surface area contributed by atoms with Crippen LogP contribution in [0.5, 0.6) is 11.5 Å². The van der Waals surface area contributed by atoms with Crippen molar-refractivity contribution in [3.05, 3.63) is 47.9 Å². The van der Waals surface area contributed by atoms with Gasteiger partial charge in [0.1, 0.15) is 17.3 Å². The van der Waals surface area contributed by atoms with Gasteiger partial charge in [0.2, 0.25) is 0 Å². The molecule has 0 radical (unpaired) electrons. The van der Waals surface area contributed by atoms with Crippen LogP contribution in [0.3, 0.4) is 0 Å². The molecule has 2 rings (SSSR count). The molecule has 1 aliphatic rings. The van der Waals surface area contributed by atoms with Crippen molar-refractivity contribution in [3.63, 3.8) is 0 Å². The molecule has 0 amide bonds. The minimum Gasteiger partial charge on any atom is -0.497 e. The minimum atomic E-state index is -0.228. The summed E-state index contributed by atoms with van der Waals surface area (Å²) in [6.07, 6.45) is 4.77. The number of benzene rings is 1. The predicted octanol–water partition coefficient (Wildman–Crippen LogP) is 2.89. The second kappa shape index (κ2) is 5.58. The molecule has 0 aliphatic carbocycles. The number of nitrogens with zero attached hydrogens (tertiary/aromatic N) is 1. The fourth-order valence-electron chi connectivity index (χ4n) is 1.88. The average molecular weight is 249 g/mol. The lowest BCUT2D eigenvalue weighted by atomic mass is 10.1. The van der Waals surface area contributed by atoms with Crippen LogP contribution < -0.4 is 9.47 Å². The lowest BCUT2D eigenvalue weighted by Gasteiger charge is -2.22. The monoisotopic (exact) mass is 249 g/mol. The van der Waals surface area contributed by atoms with Crippen LogP contribution in [-0.2, 0) is 6.54 Å². The van der Waals surface area contributed by atoms with Gasteiger partial charge in [0, 0.05) is 30.9 Å². The maximum Gasteiger partial charge on any atom is 0.138 e. The van der Waals surface area contributed by atoms with E-state index in [9.17, 15) is 4.39 Å². The zero-order valence-electron chi connectivity index (χ0n) is 10.5. The van der Waals surface area contributed by atoms with Gasteiger partial charge < -0.3 is 14.4 Å². The van der Waals surface area contributed by atoms with Crippen LogP contribution in [0, 0.1) is 0 Å². The Hall–Kier alpha value is -1.97. The fourth-order valence-corrected chi connectivity index (χ4v) is 1.88. The van der Waals surface area contributed by atoms with Crippen LogP contribution in [0.1, 0.15) is 5.56 Å². The van der Waals surface area contributed by atoms with E-state index in [0.29, 0.717) is 13.1 Å². The predicted molar refractivity (Wildman–Crippen MR) is 68.3 cm³/mol. The molecular formula is C14H16FNO2. The van der Waals surface area contributed by atoms with Gasteiger partial charge in [-0.3, -0.25) is 0 Å². The van der Waals surface area contributed by atoms with Crippen LogP contribution in [-0.4, -0.2) is 25.7 Å². The number of rotatable bonds is 4. The van der Waals surface area contributed by atoms with Crippen molar-refractivity contribution in [3.8, 4) is 11.5 Å². The minimum absolute atomic E-state index is 0.228. The highest BCUT2D eigenvalue weighted by Gasteiger charge is 2.10. The van der Waals surface area contributed by atoms with Crippen LogP contribution in [0.4, 0.5) is 4.39 Å². The van der Waals surface area contributed by atoms with Crippen LogP contribution in [0.15, 0.2) is 42.4 Å². The quantitative estimate of drug-likeness (QED) is 0.819. The average Bonchev–Trinajstić information content (AvgIpc) is 2.39. The van der Waals surface area contributed by atoms with E-state index in [1.54, 1.807) is 20.3 Å². The fraction of sp³-hybridized carbons (Fsp3) is 0.286. The van der Waals surface area contributed by atoms with E-state index in [1.807, 2.05) is 23.1 Å². The summed E-state index contributed by atoms with van der Waals surface area (Å²) in [7, 11) is 3.23. The van der Waals surface area contributed by atoms with Gasteiger partial charge in [-0.25, -0.2) is 4.39 Å². The topological polar surface area (TPSA) is 21.7 Å². The maximum absolute atomic E-state index is 13.1. The zero-order valence-corrected chi connectivity index (χ0v) is 10.5. The molecule has 0 saturated carbocycles. The first kappa shape index (κ1) is 12.5. The second-order valence-electron chi connectivity index (χ2n) is 4.02. The Kier molecular flexibility index (Phi) is 3.87. The third kappa shape index (κ3) is 2.83. The summed E-state index contributed by atoms with van der Waals surface area (Å²) in [6.45, 7) is 1.30. The van der Waals surface area contributed by atoms with Gasteiger partial charge >= 0.3 is 0 Å². The van der Waals surface area contributed by atoms with E-state index in [0.717, 1.165) is 17.1 Å². The van der Waals surface area contributed by atoms with Crippen molar-refractivity contribution >= 4 is 0 Å². The Morgan fingerprint density at radius 2 is 2.11 bits per heavy atom. The van der Waals surface area contributed by atoms with Crippen molar-refractivity contribution in [1.82, 2.24) is 4.90 Å². The summed E-state index contributed by atoms with van der Waals surface area (Å²) in [5.41, 5.74) is 0.998. The molecule has 0 unspecified atom stereocenters. The van der Waals surface area contributed by atoms with Gasteiger partial charge in [0.15, 0.2) is 0 Å². The van der Waals surface area contributed by atoms with Crippen molar-refractivity contribution in [2.45, 2.75) is 6.54 Å². The van der Waals surface area contributed by atoms with E-state index >= 15 is 0 Å². The summed E-state index contributed by atoms with van der Waals surface area (Å²) < 4.78 is 23.6. The summed E-state index contributed by atoms with van der Waals surface area (Å²) in [5.74, 6) is 1.27. The van der Waals surface area contributed by atoms with Gasteiger partial charge in [-0.15, -0.1) is 0 Å².